The lowest BCUT2D eigenvalue weighted by molar-refractivity contribution is 0.578. The standard InChI is InChI=1S/C12H9Br2ClFNS/c1-17-11(12-8(14)4-5-18-12)6-2-3-7(13)9(15)10(6)16/h2-5,11,17H,1H3. The Kier molecular flexibility index (Phi) is 4.83. The Morgan fingerprint density at radius 3 is 2.56 bits per heavy atom. The first kappa shape index (κ1) is 14.5. The molecule has 0 saturated heterocycles. The van der Waals surface area contributed by atoms with Crippen LogP contribution in [0.2, 0.25) is 5.02 Å². The monoisotopic (exact) mass is 411 g/mol. The van der Waals surface area contributed by atoms with Gasteiger partial charge in [-0.1, -0.05) is 17.7 Å². The van der Waals surface area contributed by atoms with Gasteiger partial charge in [0, 0.05) is 19.4 Å². The van der Waals surface area contributed by atoms with Crippen LogP contribution < -0.4 is 5.32 Å². The first-order chi connectivity index (χ1) is 8.56. The molecule has 0 aliphatic heterocycles. The lowest BCUT2D eigenvalue weighted by Gasteiger charge is -2.17. The predicted molar refractivity (Wildman–Crippen MR) is 82.0 cm³/mol. The fraction of sp³-hybridized carbons (Fsp3) is 0.167. The van der Waals surface area contributed by atoms with Gasteiger partial charge in [-0.3, -0.25) is 0 Å². The van der Waals surface area contributed by atoms with E-state index in [1.807, 2.05) is 11.4 Å². The summed E-state index contributed by atoms with van der Waals surface area (Å²) in [6, 6.07) is 5.22. The molecule has 0 spiro atoms. The lowest BCUT2D eigenvalue weighted by Crippen LogP contribution is -2.18. The molecule has 0 aliphatic rings. The van der Waals surface area contributed by atoms with Crippen LogP contribution in [0, 0.1) is 5.82 Å². The number of hydrogen-bond donors (Lipinski definition) is 1. The first-order valence-electron chi connectivity index (χ1n) is 5.09. The second-order valence-corrected chi connectivity index (χ2v) is 6.65. The van der Waals surface area contributed by atoms with Gasteiger partial charge in [-0.05, 0) is 56.4 Å². The predicted octanol–water partition coefficient (Wildman–Crippen LogP) is 5.37. The summed E-state index contributed by atoms with van der Waals surface area (Å²) in [6.45, 7) is 0. The molecule has 2 rings (SSSR count). The van der Waals surface area contributed by atoms with E-state index < -0.39 is 5.82 Å². The fourth-order valence-electron chi connectivity index (χ4n) is 1.70. The topological polar surface area (TPSA) is 12.0 Å². The summed E-state index contributed by atoms with van der Waals surface area (Å²) in [5, 5.41) is 5.19. The molecule has 1 atom stereocenters. The Hall–Kier alpha value is 0.0600. The van der Waals surface area contributed by atoms with Gasteiger partial charge in [0.15, 0.2) is 0 Å². The van der Waals surface area contributed by atoms with Crippen molar-refractivity contribution in [2.24, 2.45) is 0 Å². The maximum Gasteiger partial charge on any atom is 0.148 e. The highest BCUT2D eigenvalue weighted by atomic mass is 79.9. The van der Waals surface area contributed by atoms with E-state index in [0.717, 1.165) is 9.35 Å². The van der Waals surface area contributed by atoms with E-state index in [1.54, 1.807) is 30.5 Å². The minimum absolute atomic E-state index is 0.112. The van der Waals surface area contributed by atoms with Crippen molar-refractivity contribution in [2.75, 3.05) is 7.05 Å². The molecule has 1 unspecified atom stereocenters. The zero-order valence-corrected chi connectivity index (χ0v) is 14.1. The SMILES string of the molecule is CNC(c1ccc(Br)c(Cl)c1F)c1sccc1Br. The summed E-state index contributed by atoms with van der Waals surface area (Å²) in [7, 11) is 1.80. The molecule has 0 radical (unpaired) electrons. The Balaban J connectivity index is 2.53. The Bertz CT molecular complexity index is 573. The summed E-state index contributed by atoms with van der Waals surface area (Å²) in [5.74, 6) is -0.398. The van der Waals surface area contributed by atoms with Crippen LogP contribution in [0.4, 0.5) is 4.39 Å². The van der Waals surface area contributed by atoms with Crippen LogP contribution >= 0.6 is 54.8 Å². The maximum atomic E-state index is 14.2. The Morgan fingerprint density at radius 2 is 2.00 bits per heavy atom. The van der Waals surface area contributed by atoms with Crippen LogP contribution in [0.1, 0.15) is 16.5 Å². The van der Waals surface area contributed by atoms with Gasteiger partial charge in [0.2, 0.25) is 0 Å². The van der Waals surface area contributed by atoms with E-state index in [4.69, 9.17) is 11.6 Å². The molecule has 0 bridgehead atoms. The van der Waals surface area contributed by atoms with Crippen LogP contribution in [-0.4, -0.2) is 7.05 Å². The third-order valence-electron chi connectivity index (χ3n) is 2.57. The van der Waals surface area contributed by atoms with Gasteiger partial charge in [-0.25, -0.2) is 4.39 Å². The largest absolute Gasteiger partial charge is 0.309 e. The highest BCUT2D eigenvalue weighted by molar-refractivity contribution is 9.10. The van der Waals surface area contributed by atoms with E-state index in [1.165, 1.54) is 0 Å². The molecule has 1 heterocycles. The Labute approximate surface area is 131 Å². The molecule has 0 aliphatic carbocycles. The normalized spacial score (nSPS) is 12.7. The number of benzene rings is 1. The highest BCUT2D eigenvalue weighted by Gasteiger charge is 2.22. The van der Waals surface area contributed by atoms with E-state index in [2.05, 4.69) is 37.2 Å². The van der Waals surface area contributed by atoms with Crippen molar-refractivity contribution in [3.05, 3.63) is 53.8 Å². The van der Waals surface area contributed by atoms with Gasteiger partial charge in [-0.2, -0.15) is 0 Å². The van der Waals surface area contributed by atoms with Gasteiger partial charge < -0.3 is 5.32 Å². The molecule has 0 fully saturated rings. The fourth-order valence-corrected chi connectivity index (χ4v) is 3.91. The molecule has 6 heteroatoms. The smallest absolute Gasteiger partial charge is 0.148 e. The average Bonchev–Trinajstić information content (AvgIpc) is 2.77. The third kappa shape index (κ3) is 2.65. The van der Waals surface area contributed by atoms with E-state index >= 15 is 0 Å². The minimum Gasteiger partial charge on any atom is -0.309 e. The van der Waals surface area contributed by atoms with Crippen molar-refractivity contribution >= 4 is 54.8 Å². The molecular weight excluding hydrogens is 404 g/mol. The van der Waals surface area contributed by atoms with Gasteiger partial charge in [0.1, 0.15) is 5.82 Å². The second kappa shape index (κ2) is 6.01. The molecule has 1 nitrogen and oxygen atoms in total. The number of hydrogen-bond acceptors (Lipinski definition) is 2. The number of nitrogens with one attached hydrogen (secondary N) is 1. The molecule has 1 N–H and O–H groups in total. The molecule has 18 heavy (non-hydrogen) atoms. The van der Waals surface area contributed by atoms with Crippen molar-refractivity contribution in [1.82, 2.24) is 5.32 Å². The molecule has 0 saturated carbocycles. The molecule has 2 aromatic rings. The maximum absolute atomic E-state index is 14.2. The summed E-state index contributed by atoms with van der Waals surface area (Å²) in [6.07, 6.45) is 0. The van der Waals surface area contributed by atoms with Crippen molar-refractivity contribution in [3.8, 4) is 0 Å². The van der Waals surface area contributed by atoms with Crippen LogP contribution in [0.3, 0.4) is 0 Å². The van der Waals surface area contributed by atoms with Crippen LogP contribution in [0.15, 0.2) is 32.5 Å². The zero-order chi connectivity index (χ0) is 13.3. The van der Waals surface area contributed by atoms with Crippen LogP contribution in [0.25, 0.3) is 0 Å². The van der Waals surface area contributed by atoms with Gasteiger partial charge in [-0.15, -0.1) is 11.3 Å². The quantitative estimate of drug-likeness (QED) is 0.667. The van der Waals surface area contributed by atoms with E-state index in [9.17, 15) is 4.39 Å². The van der Waals surface area contributed by atoms with E-state index in [0.29, 0.717) is 10.0 Å². The van der Waals surface area contributed by atoms with Gasteiger partial charge in [0.25, 0.3) is 0 Å². The van der Waals surface area contributed by atoms with Crippen molar-refractivity contribution in [2.45, 2.75) is 6.04 Å². The average molecular weight is 414 g/mol. The molecule has 1 aromatic carbocycles. The van der Waals surface area contributed by atoms with Gasteiger partial charge in [0.05, 0.1) is 11.1 Å². The number of thiophene rings is 1. The highest BCUT2D eigenvalue weighted by Crippen LogP contribution is 2.37. The van der Waals surface area contributed by atoms with E-state index in [-0.39, 0.29) is 11.1 Å². The zero-order valence-electron chi connectivity index (χ0n) is 9.31. The summed E-state index contributed by atoms with van der Waals surface area (Å²) >= 11 is 14.2. The number of halogens is 4. The molecule has 1 aromatic heterocycles. The van der Waals surface area contributed by atoms with Gasteiger partial charge >= 0.3 is 0 Å². The summed E-state index contributed by atoms with van der Waals surface area (Å²) in [5.41, 5.74) is 0.536. The molecule has 96 valence electrons. The summed E-state index contributed by atoms with van der Waals surface area (Å²) < 4.78 is 15.7. The second-order valence-electron chi connectivity index (χ2n) is 3.62. The van der Waals surface area contributed by atoms with Crippen molar-refractivity contribution in [1.29, 1.82) is 0 Å². The number of rotatable bonds is 3. The first-order valence-corrected chi connectivity index (χ1v) is 7.94. The van der Waals surface area contributed by atoms with Crippen molar-refractivity contribution < 1.29 is 4.39 Å². The minimum atomic E-state index is -0.398. The molecular formula is C12H9Br2ClFNS. The van der Waals surface area contributed by atoms with Crippen molar-refractivity contribution in [3.63, 3.8) is 0 Å². The van der Waals surface area contributed by atoms with Crippen LogP contribution in [-0.2, 0) is 0 Å². The molecule has 0 amide bonds. The summed E-state index contributed by atoms with van der Waals surface area (Å²) in [4.78, 5) is 1.02. The Morgan fingerprint density at radius 1 is 1.28 bits per heavy atom. The van der Waals surface area contributed by atoms with Crippen LogP contribution in [0.5, 0.6) is 0 Å². The lowest BCUT2D eigenvalue weighted by atomic mass is 10.0. The third-order valence-corrected chi connectivity index (χ3v) is 5.77.